The molecule has 128 valence electrons. The van der Waals surface area contributed by atoms with Gasteiger partial charge in [0.25, 0.3) is 5.91 Å². The molecule has 0 fully saturated rings. The molecule has 0 aromatic heterocycles. The third-order valence-electron chi connectivity index (χ3n) is 4.27. The van der Waals surface area contributed by atoms with Crippen LogP contribution in [0.15, 0.2) is 23.1 Å². The van der Waals surface area contributed by atoms with E-state index < -0.39 is 5.54 Å². The highest BCUT2D eigenvalue weighted by Crippen LogP contribution is 2.36. The molecular weight excluding hydrogens is 334 g/mol. The molecule has 2 rings (SSSR count). The van der Waals surface area contributed by atoms with E-state index in [1.165, 1.54) is 11.8 Å². The van der Waals surface area contributed by atoms with Crippen molar-refractivity contribution >= 4 is 41.7 Å². The number of carbonyl (C=O) groups is 2. The maximum Gasteiger partial charge on any atom is 0.251 e. The van der Waals surface area contributed by atoms with Gasteiger partial charge < -0.3 is 16.4 Å². The quantitative estimate of drug-likeness (QED) is 0.773. The van der Waals surface area contributed by atoms with Gasteiger partial charge in [-0.15, -0.1) is 24.2 Å². The number of hydrogen-bond acceptors (Lipinski definition) is 4. The zero-order chi connectivity index (χ0) is 16.5. The van der Waals surface area contributed by atoms with Crippen LogP contribution >= 0.6 is 24.2 Å². The van der Waals surface area contributed by atoms with Gasteiger partial charge in [0.1, 0.15) is 0 Å². The van der Waals surface area contributed by atoms with Gasteiger partial charge in [0, 0.05) is 17.0 Å². The van der Waals surface area contributed by atoms with E-state index in [-0.39, 0.29) is 35.4 Å². The van der Waals surface area contributed by atoms with Crippen LogP contribution in [0.5, 0.6) is 0 Å². The molecular formula is C16H24ClN3O2S. The van der Waals surface area contributed by atoms with Gasteiger partial charge in [-0.25, -0.2) is 0 Å². The maximum atomic E-state index is 12.5. The van der Waals surface area contributed by atoms with E-state index in [4.69, 9.17) is 5.73 Å². The Balaban J connectivity index is 0.00000264. The highest BCUT2D eigenvalue weighted by atomic mass is 35.5. The lowest BCUT2D eigenvalue weighted by molar-refractivity contribution is -0.115. The van der Waals surface area contributed by atoms with E-state index in [0.29, 0.717) is 17.8 Å². The molecule has 1 aromatic carbocycles. The Hall–Kier alpha value is -1.24. The molecule has 2 atom stereocenters. The van der Waals surface area contributed by atoms with Crippen LogP contribution in [-0.4, -0.2) is 29.1 Å². The molecule has 0 spiro atoms. The molecule has 23 heavy (non-hydrogen) atoms. The SMILES string of the molecule is CC1Sc2ccc(C(=O)NC(C)(CN)C(C)C)cc2NC1=O.Cl. The molecule has 0 saturated heterocycles. The van der Waals surface area contributed by atoms with Crippen molar-refractivity contribution in [1.29, 1.82) is 0 Å². The number of halogens is 1. The summed E-state index contributed by atoms with van der Waals surface area (Å²) in [6, 6.07) is 5.38. The Kier molecular flexibility index (Phi) is 6.50. The summed E-state index contributed by atoms with van der Waals surface area (Å²) in [5.74, 6) is 0.00143. The summed E-state index contributed by atoms with van der Waals surface area (Å²) in [7, 11) is 0. The predicted octanol–water partition coefficient (Wildman–Crippen LogP) is 2.64. The second-order valence-corrected chi connectivity index (χ2v) is 7.57. The first-order valence-corrected chi connectivity index (χ1v) is 8.29. The van der Waals surface area contributed by atoms with E-state index in [1.54, 1.807) is 12.1 Å². The summed E-state index contributed by atoms with van der Waals surface area (Å²) in [5, 5.41) is 5.73. The standard InChI is InChI=1S/C16H23N3O2S.ClH/c1-9(2)16(4,8-17)19-15(21)11-5-6-13-12(7-11)18-14(20)10(3)22-13;/h5-7,9-10H,8,17H2,1-4H3,(H,18,20)(H,19,21);1H. The average molecular weight is 358 g/mol. The number of amides is 2. The fourth-order valence-electron chi connectivity index (χ4n) is 2.11. The van der Waals surface area contributed by atoms with Gasteiger partial charge in [0.15, 0.2) is 0 Å². The molecule has 1 aliphatic rings. The summed E-state index contributed by atoms with van der Waals surface area (Å²) in [6.45, 7) is 8.22. The van der Waals surface area contributed by atoms with Gasteiger partial charge in [-0.05, 0) is 38.0 Å². The Morgan fingerprint density at radius 3 is 2.70 bits per heavy atom. The molecule has 0 aliphatic carbocycles. The van der Waals surface area contributed by atoms with Crippen LogP contribution in [0.2, 0.25) is 0 Å². The fraction of sp³-hybridized carbons (Fsp3) is 0.500. The first-order chi connectivity index (χ1) is 10.3. The van der Waals surface area contributed by atoms with E-state index in [9.17, 15) is 9.59 Å². The first-order valence-electron chi connectivity index (χ1n) is 7.41. The van der Waals surface area contributed by atoms with Gasteiger partial charge in [0.05, 0.1) is 16.5 Å². The molecule has 1 aliphatic heterocycles. The topological polar surface area (TPSA) is 84.2 Å². The number of benzene rings is 1. The average Bonchev–Trinajstić information content (AvgIpc) is 2.47. The molecule has 1 aromatic rings. The highest BCUT2D eigenvalue weighted by molar-refractivity contribution is 8.00. The molecule has 1 heterocycles. The lowest BCUT2D eigenvalue weighted by Crippen LogP contribution is -2.55. The molecule has 0 bridgehead atoms. The van der Waals surface area contributed by atoms with Crippen LogP contribution in [0.4, 0.5) is 5.69 Å². The van der Waals surface area contributed by atoms with Crippen molar-refractivity contribution in [2.45, 2.75) is 43.4 Å². The van der Waals surface area contributed by atoms with Crippen LogP contribution in [0, 0.1) is 5.92 Å². The Labute approximate surface area is 147 Å². The first kappa shape index (κ1) is 19.8. The minimum atomic E-state index is -0.459. The molecule has 0 saturated carbocycles. The highest BCUT2D eigenvalue weighted by Gasteiger charge is 2.30. The molecule has 2 unspecified atom stereocenters. The summed E-state index contributed by atoms with van der Waals surface area (Å²) in [5.41, 5.74) is 6.56. The number of fused-ring (bicyclic) bond motifs is 1. The van der Waals surface area contributed by atoms with Crippen molar-refractivity contribution in [3.63, 3.8) is 0 Å². The number of nitrogens with two attached hydrogens (primary N) is 1. The third kappa shape index (κ3) is 4.19. The van der Waals surface area contributed by atoms with Gasteiger partial charge in [-0.2, -0.15) is 0 Å². The van der Waals surface area contributed by atoms with Crippen LogP contribution in [0.1, 0.15) is 38.1 Å². The van der Waals surface area contributed by atoms with Crippen molar-refractivity contribution < 1.29 is 9.59 Å². The lowest BCUT2D eigenvalue weighted by atomic mass is 9.88. The molecule has 4 N–H and O–H groups in total. The predicted molar refractivity (Wildman–Crippen MR) is 97.4 cm³/mol. The van der Waals surface area contributed by atoms with Crippen LogP contribution in [-0.2, 0) is 4.79 Å². The molecule has 5 nitrogen and oxygen atoms in total. The molecule has 0 radical (unpaired) electrons. The number of carbonyl (C=O) groups excluding carboxylic acids is 2. The summed E-state index contributed by atoms with van der Waals surface area (Å²) < 4.78 is 0. The zero-order valence-corrected chi connectivity index (χ0v) is 15.4. The smallest absolute Gasteiger partial charge is 0.251 e. The Morgan fingerprint density at radius 1 is 1.48 bits per heavy atom. The van der Waals surface area contributed by atoms with Crippen LogP contribution in [0.3, 0.4) is 0 Å². The fourth-order valence-corrected chi connectivity index (χ4v) is 3.04. The number of nitrogens with one attached hydrogen (secondary N) is 2. The van der Waals surface area contributed by atoms with Gasteiger partial charge in [0.2, 0.25) is 5.91 Å². The third-order valence-corrected chi connectivity index (χ3v) is 5.45. The van der Waals surface area contributed by atoms with Gasteiger partial charge >= 0.3 is 0 Å². The van der Waals surface area contributed by atoms with Crippen LogP contribution < -0.4 is 16.4 Å². The van der Waals surface area contributed by atoms with Crippen molar-refractivity contribution in [1.82, 2.24) is 5.32 Å². The van der Waals surface area contributed by atoms with Crippen molar-refractivity contribution in [3.8, 4) is 0 Å². The van der Waals surface area contributed by atoms with E-state index >= 15 is 0 Å². The van der Waals surface area contributed by atoms with Crippen molar-refractivity contribution in [2.24, 2.45) is 11.7 Å². The number of anilines is 1. The van der Waals surface area contributed by atoms with E-state index in [2.05, 4.69) is 10.6 Å². The number of hydrogen-bond donors (Lipinski definition) is 3. The Morgan fingerprint density at radius 2 is 2.13 bits per heavy atom. The second-order valence-electron chi connectivity index (χ2n) is 6.19. The van der Waals surface area contributed by atoms with Gasteiger partial charge in [-0.3, -0.25) is 9.59 Å². The second kappa shape index (κ2) is 7.55. The lowest BCUT2D eigenvalue weighted by Gasteiger charge is -2.33. The maximum absolute atomic E-state index is 12.5. The van der Waals surface area contributed by atoms with Gasteiger partial charge in [-0.1, -0.05) is 13.8 Å². The van der Waals surface area contributed by atoms with E-state index in [0.717, 1.165) is 4.90 Å². The zero-order valence-electron chi connectivity index (χ0n) is 13.8. The minimum absolute atomic E-state index is 0. The number of thioether (sulfide) groups is 1. The van der Waals surface area contributed by atoms with Crippen molar-refractivity contribution in [2.75, 3.05) is 11.9 Å². The normalized spacial score (nSPS) is 19.2. The molecule has 7 heteroatoms. The van der Waals surface area contributed by atoms with E-state index in [1.807, 2.05) is 33.8 Å². The minimum Gasteiger partial charge on any atom is -0.345 e. The number of rotatable bonds is 4. The summed E-state index contributed by atoms with van der Waals surface area (Å²) in [4.78, 5) is 25.2. The summed E-state index contributed by atoms with van der Waals surface area (Å²) >= 11 is 1.50. The molecule has 2 amide bonds. The summed E-state index contributed by atoms with van der Waals surface area (Å²) in [6.07, 6.45) is 0. The largest absolute Gasteiger partial charge is 0.345 e. The Bertz CT molecular complexity index is 609. The van der Waals surface area contributed by atoms with Crippen LogP contribution in [0.25, 0.3) is 0 Å². The monoisotopic (exact) mass is 357 g/mol. The van der Waals surface area contributed by atoms with Crippen molar-refractivity contribution in [3.05, 3.63) is 23.8 Å².